The van der Waals surface area contributed by atoms with Crippen molar-refractivity contribution < 1.29 is 92.0 Å². The zero-order valence-electron chi connectivity index (χ0n) is 71.6. The number of nitriles is 1. The van der Waals surface area contributed by atoms with E-state index in [1.807, 2.05) is 54.5 Å². The molecule has 1 heterocycles. The van der Waals surface area contributed by atoms with Gasteiger partial charge in [-0.3, -0.25) is 33.8 Å². The number of carbonyl (C=O) groups excluding carboxylic acids is 7. The third-order valence-corrected chi connectivity index (χ3v) is 19.5. The van der Waals surface area contributed by atoms with E-state index in [-0.39, 0.29) is 99.5 Å². The van der Waals surface area contributed by atoms with Crippen LogP contribution >= 0.6 is 46.1 Å². The van der Waals surface area contributed by atoms with E-state index in [2.05, 4.69) is 35.2 Å². The third kappa shape index (κ3) is 38.0. The molecule has 0 aliphatic carbocycles. The number of guanidine groups is 1. The lowest BCUT2D eigenvalue weighted by Crippen LogP contribution is -2.35. The zero-order valence-corrected chi connectivity index (χ0v) is 74.7. The van der Waals surface area contributed by atoms with Crippen molar-refractivity contribution >= 4 is 92.8 Å². The molecule has 3 unspecified atom stereocenters. The van der Waals surface area contributed by atoms with E-state index >= 15 is 0 Å². The van der Waals surface area contributed by atoms with E-state index in [1.54, 1.807) is 126 Å². The van der Waals surface area contributed by atoms with Crippen LogP contribution in [0.2, 0.25) is 15.1 Å². The molecule has 11 N–H and O–H groups in total. The van der Waals surface area contributed by atoms with Crippen molar-refractivity contribution in [1.82, 2.24) is 10.3 Å². The number of aromatic nitrogens is 1. The molecule has 7 aromatic carbocycles. The number of hydrogen-bond donors (Lipinski definition) is 6. The highest BCUT2D eigenvalue weighted by molar-refractivity contribution is 7.17. The summed E-state index contributed by atoms with van der Waals surface area (Å²) < 4.78 is 138. The number of alkyl halides is 9. The van der Waals surface area contributed by atoms with Gasteiger partial charge >= 0.3 is 24.6 Å². The number of aryl methyl sites for hydroxylation is 1. The Hall–Kier alpha value is -10.4. The van der Waals surface area contributed by atoms with Gasteiger partial charge in [-0.25, -0.2) is 9.78 Å². The lowest BCUT2D eigenvalue weighted by Gasteiger charge is -2.21. The number of urea groups is 1. The van der Waals surface area contributed by atoms with Crippen LogP contribution in [0.4, 0.5) is 44.3 Å². The number of primary amides is 1. The van der Waals surface area contributed by atoms with Crippen molar-refractivity contribution in [3.8, 4) is 39.6 Å². The number of nitrogens with zero attached hydrogens (tertiary/aromatic N) is 3. The number of halogens is 12. The van der Waals surface area contributed by atoms with Gasteiger partial charge in [0.05, 0.1) is 51.5 Å². The summed E-state index contributed by atoms with van der Waals surface area (Å²) in [6, 6.07) is 39.1. The number of aliphatic imine (C=N–C) groups is 1. The average Bonchev–Trinajstić information content (AvgIpc) is 1.65. The Morgan fingerprint density at radius 2 is 0.831 bits per heavy atom. The van der Waals surface area contributed by atoms with Crippen molar-refractivity contribution in [3.63, 3.8) is 0 Å². The number of ketones is 6. The van der Waals surface area contributed by atoms with Crippen LogP contribution in [0.15, 0.2) is 169 Å². The monoisotopic (exact) mass is 1810 g/mol. The number of carbonyl (C=O) groups is 7. The maximum atomic E-state index is 12.8. The summed E-state index contributed by atoms with van der Waals surface area (Å²) in [5.74, 6) is -0.522. The predicted molar refractivity (Wildman–Crippen MR) is 467 cm³/mol. The third-order valence-electron chi connectivity index (χ3n) is 17.5. The van der Waals surface area contributed by atoms with E-state index in [4.69, 9.17) is 82.4 Å². The minimum absolute atomic E-state index is 0.00641. The van der Waals surface area contributed by atoms with E-state index in [1.165, 1.54) is 47.7 Å². The molecule has 1 aromatic heterocycles. The number of thiazole rings is 1. The molecule has 0 fully saturated rings. The standard InChI is InChI=1S/C19H22N2O2S.3C18H16ClF3O2.C9H20N4O.C9H19N3O2/c1-11(2)10-23-16-7-6-14(8-15(16)9-20)19-21-13(5)18(24-19)17(22)12(3)4;3*1-11(2)16(23)17(12-6-8-14(19)9-7-12)24-15-5-3-4-13(10-15)18(20,21)22;1-6(2)8(14)7(10)4-3-5-13-9(11)12;1-6(2)8(13)7(10)4-3-5-12-9(11)14/h6-8,11-12H,10H2,1-5H3;3*3-11,17H,1-2H3;6-7H,3-5,10H2,1-2H3,(H4,11,12,13);6-7H,3-5,10H2,1-2H3,(H3,11,12,14)/t;2*17-;;;/m.10.../s1. The molecular weight excluding hydrogens is 1700 g/mol. The van der Waals surface area contributed by atoms with Gasteiger partial charge in [-0.05, 0) is 164 Å². The van der Waals surface area contributed by atoms with Crippen molar-refractivity contribution in [2.75, 3.05) is 19.7 Å². The van der Waals surface area contributed by atoms with Crippen LogP contribution in [0.1, 0.15) is 195 Å². The fourth-order valence-corrected chi connectivity index (χ4v) is 12.2. The molecular formula is C91H109Cl3F9N9O11S. The Kier molecular flexibility index (Phi) is 45.0. The Balaban J connectivity index is 0.000000389. The Bertz CT molecular complexity index is 4530. The van der Waals surface area contributed by atoms with E-state index in [9.17, 15) is 78.3 Å². The molecule has 0 aliphatic heterocycles. The summed E-state index contributed by atoms with van der Waals surface area (Å²) in [7, 11) is 0. The second-order valence-electron chi connectivity index (χ2n) is 30.6. The van der Waals surface area contributed by atoms with Crippen molar-refractivity contribution in [2.24, 2.45) is 75.1 Å². The molecule has 5 atom stereocenters. The Morgan fingerprint density at radius 3 is 1.13 bits per heavy atom. The summed E-state index contributed by atoms with van der Waals surface area (Å²) in [6.07, 6.45) is -13.8. The van der Waals surface area contributed by atoms with Gasteiger partial charge in [0.2, 0.25) is 0 Å². The first kappa shape index (κ1) is 108. The van der Waals surface area contributed by atoms with Crippen molar-refractivity contribution in [3.05, 3.63) is 228 Å². The maximum absolute atomic E-state index is 12.8. The van der Waals surface area contributed by atoms with Crippen molar-refractivity contribution in [1.29, 1.82) is 5.26 Å². The fourth-order valence-electron chi connectivity index (χ4n) is 10.7. The molecule has 0 saturated carbocycles. The first-order valence-corrected chi connectivity index (χ1v) is 41.5. The van der Waals surface area contributed by atoms with Crippen LogP contribution in [-0.2, 0) is 42.5 Å². The molecule has 8 aromatic rings. The van der Waals surface area contributed by atoms with Gasteiger partial charge in [0, 0.05) is 69.2 Å². The van der Waals surface area contributed by atoms with Gasteiger partial charge in [0.25, 0.3) is 0 Å². The largest absolute Gasteiger partial charge is 0.492 e. The maximum Gasteiger partial charge on any atom is 0.416 e. The zero-order chi connectivity index (χ0) is 93.8. The van der Waals surface area contributed by atoms with Gasteiger partial charge in [0.1, 0.15) is 34.1 Å². The second-order valence-corrected chi connectivity index (χ2v) is 32.9. The number of amides is 2. The van der Waals surface area contributed by atoms with Gasteiger partial charge < -0.3 is 52.9 Å². The summed E-state index contributed by atoms with van der Waals surface area (Å²) in [6.45, 7) is 28.9. The topological polar surface area (TPSA) is 348 Å². The molecule has 124 heavy (non-hydrogen) atoms. The molecule has 674 valence electrons. The molecule has 0 saturated heterocycles. The molecule has 0 aliphatic rings. The first-order valence-electron chi connectivity index (χ1n) is 39.5. The van der Waals surface area contributed by atoms with E-state index in [0.29, 0.717) is 92.8 Å². The number of Topliss-reactive ketones (excluding diaryl/α,β-unsaturated/α-hetero) is 6. The van der Waals surface area contributed by atoms with Gasteiger partial charge in [-0.15, -0.1) is 11.3 Å². The van der Waals surface area contributed by atoms with Crippen molar-refractivity contribution in [2.45, 2.75) is 178 Å². The summed E-state index contributed by atoms with van der Waals surface area (Å²) in [5, 5.41) is 14.1. The van der Waals surface area contributed by atoms with E-state index in [0.717, 1.165) is 59.1 Å². The minimum Gasteiger partial charge on any atom is -0.492 e. The highest BCUT2D eigenvalue weighted by Gasteiger charge is 2.36. The average molecular weight is 1810 g/mol. The number of nitrogens with two attached hydrogens (primary N) is 5. The SMILES string of the molecule is CC(C)C(=O)C(N)CCCN=C(N)N.CC(C)C(=O)C(N)CCCNC(N)=O.CC(C)C(=O)C(Oc1cccc(C(F)(F)F)c1)c1ccc(Cl)cc1.CC(C)C(=O)[C@@H](Oc1cccc(C(F)(F)F)c1)c1ccc(Cl)cc1.CC(C)C(=O)[C@H](Oc1cccc(C(F)(F)F)c1)c1ccc(Cl)cc1.Cc1nc(-c2ccc(OCC(C)C)c(C#N)c2)sc1C(=O)C(C)C. The Labute approximate surface area is 737 Å². The number of hydrogen-bond acceptors (Lipinski definition) is 17. The van der Waals surface area contributed by atoms with Crippen LogP contribution in [0.25, 0.3) is 10.6 Å². The summed E-state index contributed by atoms with van der Waals surface area (Å²) >= 11 is 18.9. The molecule has 8 rings (SSSR count). The van der Waals surface area contributed by atoms with Gasteiger partial charge in [-0.1, -0.05) is 186 Å². The number of benzene rings is 7. The molecule has 0 radical (unpaired) electrons. The smallest absolute Gasteiger partial charge is 0.416 e. The van der Waals surface area contributed by atoms with Gasteiger partial charge in [-0.2, -0.15) is 44.8 Å². The molecule has 0 spiro atoms. The minimum atomic E-state index is -4.48. The van der Waals surface area contributed by atoms with Crippen LogP contribution in [0, 0.1) is 59.7 Å². The summed E-state index contributed by atoms with van der Waals surface area (Å²) in [5.41, 5.74) is 27.7. The second kappa shape index (κ2) is 51.7. The van der Waals surface area contributed by atoms with Crippen LogP contribution < -0.4 is 52.9 Å². The molecule has 20 nitrogen and oxygen atoms in total. The highest BCUT2D eigenvalue weighted by Crippen LogP contribution is 2.39. The number of rotatable bonds is 33. The Morgan fingerprint density at radius 1 is 0.484 bits per heavy atom. The lowest BCUT2D eigenvalue weighted by molar-refractivity contribution is -0.138. The summed E-state index contributed by atoms with van der Waals surface area (Å²) in [4.78, 5) is 91.5. The lowest BCUT2D eigenvalue weighted by atomic mass is 9.97. The molecule has 33 heteroatoms. The number of nitrogens with one attached hydrogen (secondary N) is 1. The van der Waals surface area contributed by atoms with Gasteiger partial charge in [0.15, 0.2) is 59.0 Å². The van der Waals surface area contributed by atoms with Crippen LogP contribution in [0.5, 0.6) is 23.0 Å². The molecule has 2 amide bonds. The first-order chi connectivity index (χ1) is 57.8. The molecule has 0 bridgehead atoms. The highest BCUT2D eigenvalue weighted by atomic mass is 35.5. The number of ether oxygens (including phenoxy) is 4. The normalized spacial score (nSPS) is 12.5. The van der Waals surface area contributed by atoms with Crippen LogP contribution in [-0.4, -0.2) is 83.5 Å². The quantitative estimate of drug-likeness (QED) is 0.00731. The van der Waals surface area contributed by atoms with E-state index < -0.39 is 65.6 Å². The fraction of sp³-hybridized carbons (Fsp3) is 0.407. The predicted octanol–water partition coefficient (Wildman–Crippen LogP) is 21.6. The van der Waals surface area contributed by atoms with Crippen LogP contribution in [0.3, 0.4) is 0 Å².